The molecule has 0 spiro atoms. The molecule has 16 heavy (non-hydrogen) atoms. The van der Waals surface area contributed by atoms with Crippen LogP contribution < -0.4 is 11.1 Å². The van der Waals surface area contributed by atoms with Gasteiger partial charge in [-0.15, -0.1) is 0 Å². The minimum Gasteiger partial charge on any atom is -0.369 e. The Kier molecular flexibility index (Phi) is 7.60. The number of guanidine groups is 1. The quantitative estimate of drug-likeness (QED) is 0.245. The van der Waals surface area contributed by atoms with Crippen molar-refractivity contribution in [3.05, 3.63) is 23.3 Å². The molecule has 0 atom stereocenters. The van der Waals surface area contributed by atoms with Gasteiger partial charge >= 0.3 is 0 Å². The molecule has 88 valence electrons. The molecular formula is C12H20N4. The Morgan fingerprint density at radius 1 is 1.38 bits per heavy atom. The van der Waals surface area contributed by atoms with E-state index >= 15 is 0 Å². The van der Waals surface area contributed by atoms with Crippen molar-refractivity contribution in [2.45, 2.75) is 33.6 Å². The molecule has 0 saturated heterocycles. The summed E-state index contributed by atoms with van der Waals surface area (Å²) in [7, 11) is 0. The van der Waals surface area contributed by atoms with Crippen LogP contribution in [-0.4, -0.2) is 12.5 Å². The first-order valence-corrected chi connectivity index (χ1v) is 5.30. The summed E-state index contributed by atoms with van der Waals surface area (Å²) in [5.74, 6) is 0.163. The molecule has 0 rings (SSSR count). The first-order valence-electron chi connectivity index (χ1n) is 5.30. The van der Waals surface area contributed by atoms with E-state index < -0.39 is 0 Å². The van der Waals surface area contributed by atoms with Gasteiger partial charge in [0.15, 0.2) is 6.19 Å². The van der Waals surface area contributed by atoms with Crippen LogP contribution in [0.2, 0.25) is 0 Å². The lowest BCUT2D eigenvalue weighted by atomic mass is 10.1. The average Bonchev–Trinajstić information content (AvgIpc) is 2.17. The van der Waals surface area contributed by atoms with Crippen molar-refractivity contribution in [3.8, 4) is 6.19 Å². The van der Waals surface area contributed by atoms with E-state index in [1.807, 2.05) is 6.08 Å². The van der Waals surface area contributed by atoms with Crippen molar-refractivity contribution >= 4 is 5.96 Å². The molecule has 0 aliphatic carbocycles. The van der Waals surface area contributed by atoms with Crippen molar-refractivity contribution in [1.29, 1.82) is 5.26 Å². The van der Waals surface area contributed by atoms with Crippen LogP contribution >= 0.6 is 0 Å². The van der Waals surface area contributed by atoms with Gasteiger partial charge in [0.2, 0.25) is 5.96 Å². The zero-order chi connectivity index (χ0) is 12.4. The number of allylic oxidation sites excluding steroid dienone is 3. The summed E-state index contributed by atoms with van der Waals surface area (Å²) < 4.78 is 0. The second kappa shape index (κ2) is 8.54. The number of aliphatic imine (C=N–C) groups is 1. The Morgan fingerprint density at radius 2 is 2.06 bits per heavy atom. The van der Waals surface area contributed by atoms with Crippen LogP contribution in [0.1, 0.15) is 33.6 Å². The van der Waals surface area contributed by atoms with Crippen LogP contribution in [0.4, 0.5) is 0 Å². The largest absolute Gasteiger partial charge is 0.369 e. The summed E-state index contributed by atoms with van der Waals surface area (Å²) in [5.41, 5.74) is 8.01. The number of nitriles is 1. The highest BCUT2D eigenvalue weighted by Gasteiger charge is 1.89. The minimum absolute atomic E-state index is 0.163. The van der Waals surface area contributed by atoms with Crippen molar-refractivity contribution in [1.82, 2.24) is 5.32 Å². The molecule has 0 aromatic heterocycles. The van der Waals surface area contributed by atoms with E-state index in [-0.39, 0.29) is 5.96 Å². The van der Waals surface area contributed by atoms with E-state index in [0.29, 0.717) is 6.54 Å². The molecular weight excluding hydrogens is 200 g/mol. The van der Waals surface area contributed by atoms with Crippen LogP contribution in [0.5, 0.6) is 0 Å². The first kappa shape index (κ1) is 14.2. The molecule has 0 radical (unpaired) electrons. The normalized spacial score (nSPS) is 11.9. The third-order valence-electron chi connectivity index (χ3n) is 1.98. The van der Waals surface area contributed by atoms with E-state index in [1.165, 1.54) is 11.1 Å². The fraction of sp³-hybridized carbons (Fsp3) is 0.500. The van der Waals surface area contributed by atoms with E-state index in [1.54, 1.807) is 6.19 Å². The molecule has 0 saturated carbocycles. The Labute approximate surface area is 97.6 Å². The molecule has 0 aromatic rings. The monoisotopic (exact) mass is 220 g/mol. The predicted octanol–water partition coefficient (Wildman–Crippen LogP) is 2.06. The van der Waals surface area contributed by atoms with Crippen molar-refractivity contribution < 1.29 is 0 Å². The van der Waals surface area contributed by atoms with Crippen molar-refractivity contribution in [2.24, 2.45) is 10.7 Å². The third-order valence-corrected chi connectivity index (χ3v) is 1.98. The maximum atomic E-state index is 8.27. The second-order valence-electron chi connectivity index (χ2n) is 3.83. The fourth-order valence-corrected chi connectivity index (χ4v) is 1.09. The van der Waals surface area contributed by atoms with Gasteiger partial charge in [-0.2, -0.15) is 5.26 Å². The summed E-state index contributed by atoms with van der Waals surface area (Å²) in [4.78, 5) is 3.97. The third kappa shape index (κ3) is 8.82. The minimum atomic E-state index is 0.163. The maximum absolute atomic E-state index is 8.27. The molecule has 0 aliphatic rings. The number of nitrogens with two attached hydrogens (primary N) is 1. The maximum Gasteiger partial charge on any atom is 0.202 e. The van der Waals surface area contributed by atoms with Gasteiger partial charge in [-0.3, -0.25) is 5.32 Å². The molecule has 4 heteroatoms. The summed E-state index contributed by atoms with van der Waals surface area (Å²) in [6, 6.07) is 0. The highest BCUT2D eigenvalue weighted by atomic mass is 15.1. The Hall–Kier alpha value is -1.76. The molecule has 3 N–H and O–H groups in total. The number of nitrogens with one attached hydrogen (secondary N) is 1. The molecule has 0 fully saturated rings. The van der Waals surface area contributed by atoms with E-state index in [9.17, 15) is 0 Å². The van der Waals surface area contributed by atoms with E-state index in [2.05, 4.69) is 37.2 Å². The highest BCUT2D eigenvalue weighted by molar-refractivity contribution is 5.79. The zero-order valence-corrected chi connectivity index (χ0v) is 10.2. The number of hydrogen-bond donors (Lipinski definition) is 2. The second-order valence-corrected chi connectivity index (χ2v) is 3.83. The van der Waals surface area contributed by atoms with Gasteiger partial charge in [-0.05, 0) is 33.6 Å². The van der Waals surface area contributed by atoms with Gasteiger partial charge < -0.3 is 5.73 Å². The lowest BCUT2D eigenvalue weighted by Gasteiger charge is -1.98. The Bertz CT molecular complexity index is 327. The van der Waals surface area contributed by atoms with Crippen LogP contribution in [-0.2, 0) is 0 Å². The number of hydrogen-bond acceptors (Lipinski definition) is 2. The van der Waals surface area contributed by atoms with Gasteiger partial charge in [0, 0.05) is 0 Å². The van der Waals surface area contributed by atoms with Crippen molar-refractivity contribution in [3.63, 3.8) is 0 Å². The summed E-state index contributed by atoms with van der Waals surface area (Å²) >= 11 is 0. The predicted molar refractivity (Wildman–Crippen MR) is 67.7 cm³/mol. The topological polar surface area (TPSA) is 74.2 Å². The van der Waals surface area contributed by atoms with Gasteiger partial charge in [0.1, 0.15) is 0 Å². The standard InChI is InChI=1S/C12H20N4/c1-10(2)5-4-6-11(3)7-8-15-12(14)16-9-13/h5,7H,4,6,8H2,1-3H3,(H3,14,15,16)/b11-7-. The summed E-state index contributed by atoms with van der Waals surface area (Å²) in [6.07, 6.45) is 8.04. The molecule has 0 unspecified atom stereocenters. The van der Waals surface area contributed by atoms with Gasteiger partial charge in [-0.1, -0.05) is 23.3 Å². The van der Waals surface area contributed by atoms with Crippen molar-refractivity contribution in [2.75, 3.05) is 6.54 Å². The van der Waals surface area contributed by atoms with E-state index in [0.717, 1.165) is 12.8 Å². The average molecular weight is 220 g/mol. The molecule has 0 amide bonds. The van der Waals surface area contributed by atoms with Gasteiger partial charge in [-0.25, -0.2) is 4.99 Å². The van der Waals surface area contributed by atoms with Crippen LogP contribution in [0.3, 0.4) is 0 Å². The fourth-order valence-electron chi connectivity index (χ4n) is 1.09. The van der Waals surface area contributed by atoms with Crippen LogP contribution in [0.25, 0.3) is 0 Å². The Morgan fingerprint density at radius 3 is 2.62 bits per heavy atom. The molecule has 0 aliphatic heterocycles. The lowest BCUT2D eigenvalue weighted by Crippen LogP contribution is -2.27. The van der Waals surface area contributed by atoms with Crippen LogP contribution in [0, 0.1) is 11.5 Å². The Balaban J connectivity index is 3.92. The van der Waals surface area contributed by atoms with Gasteiger partial charge in [0.25, 0.3) is 0 Å². The number of rotatable bonds is 5. The lowest BCUT2D eigenvalue weighted by molar-refractivity contribution is 0.955. The molecule has 0 heterocycles. The van der Waals surface area contributed by atoms with Gasteiger partial charge in [0.05, 0.1) is 6.54 Å². The molecule has 0 bridgehead atoms. The summed E-state index contributed by atoms with van der Waals surface area (Å²) in [6.45, 7) is 6.78. The summed E-state index contributed by atoms with van der Waals surface area (Å²) in [5, 5.41) is 10.5. The SMILES string of the molecule is CC(C)=CCC/C(C)=C\CN=C(N)NC#N. The number of nitrogens with zero attached hydrogens (tertiary/aromatic N) is 2. The zero-order valence-electron chi connectivity index (χ0n) is 10.2. The highest BCUT2D eigenvalue weighted by Crippen LogP contribution is 2.06. The smallest absolute Gasteiger partial charge is 0.202 e. The molecule has 4 nitrogen and oxygen atoms in total. The first-order chi connectivity index (χ1) is 7.56. The van der Waals surface area contributed by atoms with E-state index in [4.69, 9.17) is 11.0 Å². The molecule has 0 aromatic carbocycles. The van der Waals surface area contributed by atoms with Crippen LogP contribution in [0.15, 0.2) is 28.3 Å².